The van der Waals surface area contributed by atoms with E-state index in [2.05, 4.69) is 15.5 Å². The Morgan fingerprint density at radius 2 is 1.79 bits per heavy atom. The molecule has 1 aromatic carbocycles. The second-order valence-corrected chi connectivity index (χ2v) is 8.48. The van der Waals surface area contributed by atoms with Crippen LogP contribution in [0.3, 0.4) is 0 Å². The summed E-state index contributed by atoms with van der Waals surface area (Å²) in [5.41, 5.74) is 2.47. The molecule has 4 aromatic rings. The zero-order valence-electron chi connectivity index (χ0n) is 14.8. The predicted octanol–water partition coefficient (Wildman–Crippen LogP) is 5.45. The van der Waals surface area contributed by atoms with Crippen LogP contribution in [0.15, 0.2) is 54.4 Å². The molecule has 3 aromatic heterocycles. The van der Waals surface area contributed by atoms with Crippen molar-refractivity contribution in [3.8, 4) is 0 Å². The normalized spacial score (nSPS) is 11.0. The van der Waals surface area contributed by atoms with Crippen molar-refractivity contribution in [3.63, 3.8) is 0 Å². The topological polar surface area (TPSA) is 64.7 Å². The van der Waals surface area contributed by atoms with Crippen LogP contribution < -0.4 is 5.32 Å². The van der Waals surface area contributed by atoms with Crippen LogP contribution in [0, 0.1) is 0 Å². The summed E-state index contributed by atoms with van der Waals surface area (Å²) in [5, 5.41) is 14.9. The number of carbonyl (C=O) groups excluding carboxylic acids is 1. The minimum atomic E-state index is -0.191. The van der Waals surface area contributed by atoms with Gasteiger partial charge in [0.05, 0.1) is 41.1 Å². The van der Waals surface area contributed by atoms with Gasteiger partial charge in [0.25, 0.3) is 5.91 Å². The Morgan fingerprint density at radius 3 is 2.55 bits per heavy atom. The Morgan fingerprint density at radius 1 is 1.00 bits per heavy atom. The molecule has 0 atom stereocenters. The number of amides is 1. The van der Waals surface area contributed by atoms with E-state index < -0.39 is 0 Å². The minimum Gasteiger partial charge on any atom is -0.319 e. The van der Waals surface area contributed by atoms with Crippen molar-refractivity contribution in [2.24, 2.45) is 0 Å². The van der Waals surface area contributed by atoms with Crippen molar-refractivity contribution in [2.75, 3.05) is 5.32 Å². The van der Waals surface area contributed by atoms with Gasteiger partial charge in [0, 0.05) is 22.4 Å². The molecular formula is C19H14Cl3N5OS. The summed E-state index contributed by atoms with van der Waals surface area (Å²) in [6, 6.07) is 7.16. The first-order chi connectivity index (χ1) is 14.0. The largest absolute Gasteiger partial charge is 0.319 e. The van der Waals surface area contributed by atoms with Gasteiger partial charge in [-0.3, -0.25) is 14.2 Å². The maximum atomic E-state index is 12.5. The molecular weight excluding hydrogens is 453 g/mol. The number of anilines is 1. The quantitative estimate of drug-likeness (QED) is 0.411. The van der Waals surface area contributed by atoms with Gasteiger partial charge in [-0.25, -0.2) is 0 Å². The van der Waals surface area contributed by atoms with Crippen LogP contribution in [0.2, 0.25) is 15.1 Å². The first-order valence-electron chi connectivity index (χ1n) is 8.49. The number of benzene rings is 1. The van der Waals surface area contributed by atoms with Crippen LogP contribution in [0.25, 0.3) is 0 Å². The molecule has 1 N–H and O–H groups in total. The molecule has 3 heterocycles. The molecule has 0 saturated heterocycles. The lowest BCUT2D eigenvalue weighted by molar-refractivity contribution is 0.103. The third kappa shape index (κ3) is 5.00. The van der Waals surface area contributed by atoms with Crippen LogP contribution in [0.4, 0.5) is 5.69 Å². The summed E-state index contributed by atoms with van der Waals surface area (Å²) in [4.78, 5) is 13.1. The van der Waals surface area contributed by atoms with E-state index in [1.165, 1.54) is 11.3 Å². The molecule has 29 heavy (non-hydrogen) atoms. The molecule has 6 nitrogen and oxygen atoms in total. The summed E-state index contributed by atoms with van der Waals surface area (Å²) in [7, 11) is 0. The summed E-state index contributed by atoms with van der Waals surface area (Å²) in [6.07, 6.45) is 6.67. The Kier molecular flexibility index (Phi) is 5.91. The van der Waals surface area contributed by atoms with Crippen LogP contribution >= 0.6 is 46.1 Å². The van der Waals surface area contributed by atoms with E-state index in [0.717, 1.165) is 11.1 Å². The molecule has 0 unspecified atom stereocenters. The van der Waals surface area contributed by atoms with Crippen molar-refractivity contribution >= 4 is 57.7 Å². The molecule has 0 aliphatic heterocycles. The van der Waals surface area contributed by atoms with Gasteiger partial charge in [0.2, 0.25) is 0 Å². The number of halogens is 3. The van der Waals surface area contributed by atoms with Crippen molar-refractivity contribution < 1.29 is 4.79 Å². The van der Waals surface area contributed by atoms with Crippen molar-refractivity contribution in [2.45, 2.75) is 13.1 Å². The number of nitrogens with zero attached hydrogens (tertiary/aromatic N) is 4. The maximum absolute atomic E-state index is 12.5. The molecule has 0 spiro atoms. The molecule has 1 amide bonds. The van der Waals surface area contributed by atoms with Gasteiger partial charge in [-0.1, -0.05) is 40.9 Å². The SMILES string of the molecule is O=C(Nc1cnn(Cc2ccc(Cl)cc2Cl)c1)c1cc(Cn2cc(Cl)cn2)cs1. The lowest BCUT2D eigenvalue weighted by atomic mass is 10.2. The van der Waals surface area contributed by atoms with E-state index in [-0.39, 0.29) is 5.91 Å². The van der Waals surface area contributed by atoms with Crippen LogP contribution in [0.5, 0.6) is 0 Å². The molecule has 0 bridgehead atoms. The van der Waals surface area contributed by atoms with Crippen LogP contribution in [0.1, 0.15) is 20.8 Å². The fraction of sp³-hybridized carbons (Fsp3) is 0.105. The summed E-state index contributed by atoms with van der Waals surface area (Å²) < 4.78 is 3.42. The third-order valence-electron chi connectivity index (χ3n) is 4.06. The number of rotatable bonds is 6. The van der Waals surface area contributed by atoms with Gasteiger partial charge in [-0.05, 0) is 34.7 Å². The van der Waals surface area contributed by atoms with E-state index in [1.54, 1.807) is 46.3 Å². The molecule has 10 heteroatoms. The highest BCUT2D eigenvalue weighted by atomic mass is 35.5. The highest BCUT2D eigenvalue weighted by molar-refractivity contribution is 7.12. The molecule has 0 aliphatic rings. The highest BCUT2D eigenvalue weighted by Crippen LogP contribution is 2.22. The number of carbonyl (C=O) groups is 1. The Hall–Kier alpha value is -2.32. The third-order valence-corrected chi connectivity index (χ3v) is 5.82. The summed E-state index contributed by atoms with van der Waals surface area (Å²) in [6.45, 7) is 1.03. The molecule has 148 valence electrons. The van der Waals surface area contributed by atoms with E-state index in [4.69, 9.17) is 34.8 Å². The Labute approximate surface area is 185 Å². The average molecular weight is 467 g/mol. The second-order valence-electron chi connectivity index (χ2n) is 6.29. The molecule has 0 radical (unpaired) electrons. The first-order valence-corrected chi connectivity index (χ1v) is 10.5. The summed E-state index contributed by atoms with van der Waals surface area (Å²) >= 11 is 19.4. The lowest BCUT2D eigenvalue weighted by Gasteiger charge is -2.05. The number of aromatic nitrogens is 4. The minimum absolute atomic E-state index is 0.191. The van der Waals surface area contributed by atoms with Crippen LogP contribution in [-0.2, 0) is 13.1 Å². The number of hydrogen-bond donors (Lipinski definition) is 1. The summed E-state index contributed by atoms with van der Waals surface area (Å²) in [5.74, 6) is -0.191. The van der Waals surface area contributed by atoms with E-state index >= 15 is 0 Å². The van der Waals surface area contributed by atoms with Crippen LogP contribution in [-0.4, -0.2) is 25.5 Å². The smallest absolute Gasteiger partial charge is 0.265 e. The first kappa shape index (κ1) is 20.0. The van der Waals surface area contributed by atoms with Gasteiger partial charge in [0.15, 0.2) is 0 Å². The second kappa shape index (κ2) is 8.59. The predicted molar refractivity (Wildman–Crippen MR) is 116 cm³/mol. The van der Waals surface area contributed by atoms with Gasteiger partial charge >= 0.3 is 0 Å². The fourth-order valence-electron chi connectivity index (χ4n) is 2.72. The molecule has 0 fully saturated rings. The highest BCUT2D eigenvalue weighted by Gasteiger charge is 2.12. The molecule has 4 rings (SSSR count). The van der Waals surface area contributed by atoms with E-state index in [0.29, 0.717) is 38.7 Å². The zero-order chi connectivity index (χ0) is 20.4. The van der Waals surface area contributed by atoms with Crippen molar-refractivity contribution in [3.05, 3.63) is 85.5 Å². The van der Waals surface area contributed by atoms with E-state index in [1.807, 2.05) is 17.5 Å². The maximum Gasteiger partial charge on any atom is 0.265 e. The number of nitrogens with one attached hydrogen (secondary N) is 1. The average Bonchev–Trinajstić information content (AvgIpc) is 3.40. The Bertz CT molecular complexity index is 1170. The van der Waals surface area contributed by atoms with E-state index in [9.17, 15) is 4.79 Å². The van der Waals surface area contributed by atoms with Gasteiger partial charge < -0.3 is 5.32 Å². The fourth-order valence-corrected chi connectivity index (χ4v) is 4.14. The van der Waals surface area contributed by atoms with Gasteiger partial charge in [-0.15, -0.1) is 11.3 Å². The number of thiophene rings is 1. The molecule has 0 saturated carbocycles. The Balaban J connectivity index is 1.39. The number of hydrogen-bond acceptors (Lipinski definition) is 4. The lowest BCUT2D eigenvalue weighted by Crippen LogP contribution is -2.09. The van der Waals surface area contributed by atoms with Gasteiger partial charge in [-0.2, -0.15) is 10.2 Å². The standard InChI is InChI=1S/C19H14Cl3N5OS/c20-14-2-1-13(17(22)4-14)8-27-10-16(6-24-27)25-19(28)18-3-12(11-29-18)7-26-9-15(21)5-23-26/h1-6,9-11H,7-8H2,(H,25,28). The molecule has 0 aliphatic carbocycles. The zero-order valence-corrected chi connectivity index (χ0v) is 17.9. The monoisotopic (exact) mass is 465 g/mol. The van der Waals surface area contributed by atoms with Gasteiger partial charge in [0.1, 0.15) is 0 Å². The van der Waals surface area contributed by atoms with Crippen molar-refractivity contribution in [1.29, 1.82) is 0 Å². The van der Waals surface area contributed by atoms with Crippen molar-refractivity contribution in [1.82, 2.24) is 19.6 Å².